The highest BCUT2D eigenvalue weighted by Crippen LogP contribution is 2.50. The minimum Gasteiger partial charge on any atom is -0.309 e. The molecule has 4 aromatic heterocycles. The van der Waals surface area contributed by atoms with E-state index in [0.717, 1.165) is 57.0 Å². The van der Waals surface area contributed by atoms with Crippen molar-refractivity contribution in [1.82, 2.24) is 29.5 Å². The second-order valence-corrected chi connectivity index (χ2v) is 18.0. The average molecular weight is 787 g/mol. The van der Waals surface area contributed by atoms with Crippen LogP contribution in [0, 0.1) is 0 Å². The molecular weight excluding hydrogens is 745 g/mol. The number of rotatable bonds is 4. The molecule has 0 aliphatic heterocycles. The Kier molecular flexibility index (Phi) is 7.65. The minimum atomic E-state index is 0.0416. The van der Waals surface area contributed by atoms with Crippen molar-refractivity contribution in [2.45, 2.75) is 51.4 Å². The minimum absolute atomic E-state index is 0.0416. The van der Waals surface area contributed by atoms with Crippen molar-refractivity contribution < 1.29 is 0 Å². The van der Waals surface area contributed by atoms with Gasteiger partial charge in [-0.05, 0) is 93.4 Å². The largest absolute Gasteiger partial charge is 0.309 e. The van der Waals surface area contributed by atoms with E-state index in [4.69, 9.17) is 24.9 Å². The molecule has 1 aliphatic rings. The van der Waals surface area contributed by atoms with Crippen LogP contribution in [0.2, 0.25) is 0 Å². The first-order chi connectivity index (χ1) is 29.7. The fourth-order valence-electron chi connectivity index (χ4n) is 10.1. The van der Waals surface area contributed by atoms with Crippen molar-refractivity contribution in [3.63, 3.8) is 0 Å². The molecule has 0 amide bonds. The summed E-state index contributed by atoms with van der Waals surface area (Å²) in [5, 5.41) is 9.52. The Morgan fingerprint density at radius 3 is 1.82 bits per heavy atom. The molecule has 0 spiro atoms. The Balaban J connectivity index is 1.16. The van der Waals surface area contributed by atoms with Crippen molar-refractivity contribution in [2.75, 3.05) is 0 Å². The molecular formula is C55H42N6. The van der Waals surface area contributed by atoms with Crippen molar-refractivity contribution in [3.05, 3.63) is 169 Å². The third-order valence-electron chi connectivity index (χ3n) is 13.3. The van der Waals surface area contributed by atoms with E-state index in [9.17, 15) is 0 Å². The summed E-state index contributed by atoms with van der Waals surface area (Å²) in [5.74, 6) is 1.80. The van der Waals surface area contributed by atoms with Gasteiger partial charge in [0.25, 0.3) is 0 Å². The number of pyridine rings is 2. The second kappa shape index (κ2) is 13.1. The molecule has 0 unspecified atom stereocenters. The standard InChI is InChI=1S/C55H42N6/c1-54(2)25-26-55(3,4)45-32-46-43(31-44(45)54)47-39-22-10-8-20-37(39)38-21-9-11-23-41(38)50(47)61(46)36-19-12-17-35(29-36)52-58-51(33-15-6-5-7-16-33)59-53(60-52)42-30-34-18-13-27-56-48(34)49-40(42)24-14-28-57-49/h5-24,27-32H,25-26H2,1-4H3. The Bertz CT molecular complexity index is 3600. The average Bonchev–Trinajstić information content (AvgIpc) is 3.65. The molecule has 292 valence electrons. The van der Waals surface area contributed by atoms with Gasteiger partial charge < -0.3 is 4.57 Å². The Morgan fingerprint density at radius 2 is 1.05 bits per heavy atom. The van der Waals surface area contributed by atoms with Gasteiger partial charge in [-0.15, -0.1) is 0 Å². The summed E-state index contributed by atoms with van der Waals surface area (Å²) in [5.41, 5.74) is 10.9. The van der Waals surface area contributed by atoms with Crippen LogP contribution in [-0.2, 0) is 10.8 Å². The molecule has 0 atom stereocenters. The van der Waals surface area contributed by atoms with Gasteiger partial charge in [-0.2, -0.15) is 0 Å². The van der Waals surface area contributed by atoms with Gasteiger partial charge in [0.1, 0.15) is 0 Å². The lowest BCUT2D eigenvalue weighted by Crippen LogP contribution is -2.33. The van der Waals surface area contributed by atoms with Gasteiger partial charge in [0.15, 0.2) is 17.5 Å². The monoisotopic (exact) mass is 786 g/mol. The van der Waals surface area contributed by atoms with Crippen LogP contribution in [0.25, 0.3) is 105 Å². The smallest absolute Gasteiger partial charge is 0.164 e. The summed E-state index contributed by atoms with van der Waals surface area (Å²) < 4.78 is 2.51. The van der Waals surface area contributed by atoms with Crippen molar-refractivity contribution >= 4 is 65.2 Å². The molecule has 0 fully saturated rings. The third kappa shape index (κ3) is 5.44. The fourth-order valence-corrected chi connectivity index (χ4v) is 10.1. The predicted octanol–water partition coefficient (Wildman–Crippen LogP) is 13.7. The van der Waals surface area contributed by atoms with Gasteiger partial charge in [0.05, 0.1) is 22.1 Å². The van der Waals surface area contributed by atoms with E-state index < -0.39 is 0 Å². The van der Waals surface area contributed by atoms with Gasteiger partial charge >= 0.3 is 0 Å². The highest BCUT2D eigenvalue weighted by Gasteiger charge is 2.38. The number of fused-ring (bicyclic) bond motifs is 12. The molecule has 0 bridgehead atoms. The predicted molar refractivity (Wildman–Crippen MR) is 251 cm³/mol. The van der Waals surface area contributed by atoms with Crippen LogP contribution in [0.4, 0.5) is 0 Å². The Morgan fingerprint density at radius 1 is 0.459 bits per heavy atom. The first kappa shape index (κ1) is 35.6. The molecule has 6 nitrogen and oxygen atoms in total. The van der Waals surface area contributed by atoms with Gasteiger partial charge in [-0.3, -0.25) is 9.97 Å². The van der Waals surface area contributed by atoms with Crippen LogP contribution in [0.5, 0.6) is 0 Å². The van der Waals surface area contributed by atoms with E-state index in [1.54, 1.807) is 0 Å². The molecule has 1 aliphatic carbocycles. The van der Waals surface area contributed by atoms with Crippen LogP contribution in [0.1, 0.15) is 51.7 Å². The number of aromatic nitrogens is 6. The van der Waals surface area contributed by atoms with Crippen LogP contribution >= 0.6 is 0 Å². The molecule has 0 N–H and O–H groups in total. The normalized spacial score (nSPS) is 14.7. The summed E-state index contributed by atoms with van der Waals surface area (Å²) in [6.45, 7) is 9.67. The number of nitrogens with zero attached hydrogens (tertiary/aromatic N) is 6. The van der Waals surface area contributed by atoms with E-state index in [0.29, 0.717) is 17.5 Å². The zero-order valence-electron chi connectivity index (χ0n) is 34.6. The number of hydrogen-bond acceptors (Lipinski definition) is 5. The van der Waals surface area contributed by atoms with Crippen molar-refractivity contribution in [2.24, 2.45) is 0 Å². The van der Waals surface area contributed by atoms with E-state index in [2.05, 4.69) is 148 Å². The lowest BCUT2D eigenvalue weighted by Gasteiger charge is -2.42. The molecule has 11 aromatic rings. The summed E-state index contributed by atoms with van der Waals surface area (Å²) in [6.07, 6.45) is 5.93. The van der Waals surface area contributed by atoms with Crippen LogP contribution in [0.15, 0.2) is 158 Å². The van der Waals surface area contributed by atoms with Crippen molar-refractivity contribution in [1.29, 1.82) is 0 Å². The van der Waals surface area contributed by atoms with E-state index >= 15 is 0 Å². The molecule has 0 saturated heterocycles. The molecule has 0 saturated carbocycles. The van der Waals surface area contributed by atoms with Gasteiger partial charge in [0.2, 0.25) is 0 Å². The first-order valence-electron chi connectivity index (χ1n) is 21.2. The molecule has 7 aromatic carbocycles. The van der Waals surface area contributed by atoms with Crippen LogP contribution < -0.4 is 0 Å². The lowest BCUT2D eigenvalue weighted by atomic mass is 9.63. The lowest BCUT2D eigenvalue weighted by molar-refractivity contribution is 0.332. The maximum atomic E-state index is 5.31. The SMILES string of the molecule is CC1(C)CCC(C)(C)c2cc3c(cc21)c1c2ccccc2c2ccccc2c1n3-c1cccc(-c2nc(-c3ccccc3)nc(-c3cc4cccnc4c4ncccc34)n2)c1. The van der Waals surface area contributed by atoms with Crippen LogP contribution in [-0.4, -0.2) is 29.5 Å². The maximum absolute atomic E-state index is 5.31. The molecule has 12 rings (SSSR count). The summed E-state index contributed by atoms with van der Waals surface area (Å²) >= 11 is 0. The second-order valence-electron chi connectivity index (χ2n) is 18.0. The molecule has 6 heteroatoms. The molecule has 0 radical (unpaired) electrons. The molecule has 61 heavy (non-hydrogen) atoms. The summed E-state index contributed by atoms with van der Waals surface area (Å²) in [6, 6.07) is 52.0. The number of benzene rings is 7. The Labute approximate surface area is 353 Å². The van der Waals surface area contributed by atoms with E-state index in [1.807, 2.05) is 42.7 Å². The Hall–Kier alpha value is -7.31. The summed E-state index contributed by atoms with van der Waals surface area (Å²) in [4.78, 5) is 25.2. The van der Waals surface area contributed by atoms with Gasteiger partial charge in [-0.25, -0.2) is 15.0 Å². The quantitative estimate of drug-likeness (QED) is 0.166. The summed E-state index contributed by atoms with van der Waals surface area (Å²) in [7, 11) is 0. The zero-order valence-corrected chi connectivity index (χ0v) is 34.6. The molecule has 4 heterocycles. The topological polar surface area (TPSA) is 69.4 Å². The first-order valence-corrected chi connectivity index (χ1v) is 21.2. The van der Waals surface area contributed by atoms with Gasteiger partial charge in [-0.1, -0.05) is 131 Å². The highest BCUT2D eigenvalue weighted by atomic mass is 15.0. The maximum Gasteiger partial charge on any atom is 0.164 e. The third-order valence-corrected chi connectivity index (χ3v) is 13.3. The van der Waals surface area contributed by atoms with Crippen molar-refractivity contribution in [3.8, 4) is 39.9 Å². The fraction of sp³-hybridized carbons (Fsp3) is 0.145. The number of hydrogen-bond donors (Lipinski definition) is 0. The van der Waals surface area contributed by atoms with E-state index in [-0.39, 0.29) is 10.8 Å². The van der Waals surface area contributed by atoms with E-state index in [1.165, 1.54) is 54.5 Å². The van der Waals surface area contributed by atoms with Crippen LogP contribution in [0.3, 0.4) is 0 Å². The highest BCUT2D eigenvalue weighted by molar-refractivity contribution is 6.32. The zero-order chi connectivity index (χ0) is 41.0. The van der Waals surface area contributed by atoms with Gasteiger partial charge in [0, 0.05) is 61.7 Å².